The van der Waals surface area contributed by atoms with Gasteiger partial charge in [-0.2, -0.15) is 0 Å². The van der Waals surface area contributed by atoms with E-state index in [2.05, 4.69) is 25.9 Å². The minimum absolute atomic E-state index is 0.0778. The van der Waals surface area contributed by atoms with Crippen LogP contribution in [0.25, 0.3) is 22.4 Å². The molecule has 33 heavy (non-hydrogen) atoms. The van der Waals surface area contributed by atoms with Crippen molar-refractivity contribution in [3.8, 4) is 11.4 Å². The minimum atomic E-state index is -0.515. The maximum atomic E-state index is 12.5. The molecule has 0 unspecified atom stereocenters. The molecule has 0 fully saturated rings. The number of nitrogens with one attached hydrogen (secondary N) is 4. The van der Waals surface area contributed by atoms with Gasteiger partial charge in [-0.05, 0) is 61.5 Å². The highest BCUT2D eigenvalue weighted by atomic mass is 16.6. The van der Waals surface area contributed by atoms with E-state index in [1.165, 1.54) is 24.3 Å². The molecule has 0 saturated carbocycles. The zero-order valence-electron chi connectivity index (χ0n) is 17.6. The Morgan fingerprint density at radius 1 is 0.970 bits per heavy atom. The van der Waals surface area contributed by atoms with Gasteiger partial charge >= 0.3 is 6.03 Å². The number of imidazole rings is 1. The second-order valence-corrected chi connectivity index (χ2v) is 7.14. The number of nitrogens with zero attached hydrogens (tertiary/aromatic N) is 2. The number of aromatic nitrogens is 2. The fourth-order valence-corrected chi connectivity index (χ4v) is 3.21. The van der Waals surface area contributed by atoms with Crippen molar-refractivity contribution >= 4 is 40.0 Å². The average Bonchev–Trinajstić information content (AvgIpc) is 3.23. The van der Waals surface area contributed by atoms with Gasteiger partial charge in [0.05, 0.1) is 16.0 Å². The summed E-state index contributed by atoms with van der Waals surface area (Å²) in [5.41, 5.74) is 3.75. The molecular weight excluding hydrogens is 424 g/mol. The van der Waals surface area contributed by atoms with Crippen LogP contribution in [-0.2, 0) is 0 Å². The van der Waals surface area contributed by atoms with Gasteiger partial charge in [0.25, 0.3) is 11.6 Å². The molecule has 10 heteroatoms. The Bertz CT molecular complexity index is 1330. The van der Waals surface area contributed by atoms with Gasteiger partial charge in [0, 0.05) is 41.2 Å². The molecule has 3 aromatic carbocycles. The van der Waals surface area contributed by atoms with E-state index in [-0.39, 0.29) is 17.6 Å². The number of rotatable bonds is 6. The van der Waals surface area contributed by atoms with Crippen LogP contribution < -0.4 is 16.0 Å². The number of hydrogen-bond acceptors (Lipinski definition) is 5. The van der Waals surface area contributed by atoms with Gasteiger partial charge < -0.3 is 20.9 Å². The molecule has 10 nitrogen and oxygen atoms in total. The van der Waals surface area contributed by atoms with E-state index < -0.39 is 4.92 Å². The molecule has 0 aliphatic rings. The summed E-state index contributed by atoms with van der Waals surface area (Å²) in [7, 11) is 0. The number of carbonyl (C=O) groups excluding carboxylic acids is 2. The van der Waals surface area contributed by atoms with E-state index in [0.717, 1.165) is 16.6 Å². The standard InChI is InChI=1S/C23H20N6O4/c1-2-24-23(31)26-16-7-3-14(4-8-16)21-27-19-12-9-17(13-20(19)28-21)25-22(30)15-5-10-18(11-6-15)29(32)33/h3-13H,2H2,1H3,(H,25,30)(H,27,28)(H2,24,26,31). The minimum Gasteiger partial charge on any atom is -0.338 e. The number of hydrogen-bond donors (Lipinski definition) is 4. The first-order valence-electron chi connectivity index (χ1n) is 10.1. The number of H-pyrrole nitrogens is 1. The summed E-state index contributed by atoms with van der Waals surface area (Å²) in [5, 5.41) is 19.0. The number of fused-ring (bicyclic) bond motifs is 1. The van der Waals surface area contributed by atoms with Crippen molar-refractivity contribution in [2.24, 2.45) is 0 Å². The lowest BCUT2D eigenvalue weighted by Crippen LogP contribution is -2.28. The van der Waals surface area contributed by atoms with Gasteiger partial charge in [-0.1, -0.05) is 0 Å². The number of nitro benzene ring substituents is 1. The molecule has 4 aromatic rings. The second-order valence-electron chi connectivity index (χ2n) is 7.14. The lowest BCUT2D eigenvalue weighted by Gasteiger charge is -2.06. The highest BCUT2D eigenvalue weighted by Crippen LogP contribution is 2.24. The lowest BCUT2D eigenvalue weighted by molar-refractivity contribution is -0.384. The van der Waals surface area contributed by atoms with Gasteiger partial charge in [-0.3, -0.25) is 14.9 Å². The number of aromatic amines is 1. The smallest absolute Gasteiger partial charge is 0.319 e. The van der Waals surface area contributed by atoms with E-state index >= 15 is 0 Å². The Labute approximate surface area is 188 Å². The van der Waals surface area contributed by atoms with Crippen molar-refractivity contribution in [3.63, 3.8) is 0 Å². The number of nitro groups is 1. The van der Waals surface area contributed by atoms with Crippen LogP contribution in [0.5, 0.6) is 0 Å². The first-order valence-corrected chi connectivity index (χ1v) is 10.1. The molecule has 0 saturated heterocycles. The second kappa shape index (κ2) is 9.18. The SMILES string of the molecule is CCNC(=O)Nc1ccc(-c2nc3ccc(NC(=O)c4ccc([N+](=O)[O-])cc4)cc3[nH]2)cc1. The maximum Gasteiger partial charge on any atom is 0.319 e. The van der Waals surface area contributed by atoms with Crippen LogP contribution >= 0.6 is 0 Å². The highest BCUT2D eigenvalue weighted by molar-refractivity contribution is 6.05. The van der Waals surface area contributed by atoms with Crippen LogP contribution in [0.15, 0.2) is 66.7 Å². The van der Waals surface area contributed by atoms with E-state index in [1.54, 1.807) is 30.3 Å². The Hall–Kier alpha value is -4.73. The molecule has 4 rings (SSSR count). The van der Waals surface area contributed by atoms with Crippen LogP contribution in [0, 0.1) is 10.1 Å². The topological polar surface area (TPSA) is 142 Å². The first-order chi connectivity index (χ1) is 15.9. The fraction of sp³-hybridized carbons (Fsp3) is 0.0870. The van der Waals surface area contributed by atoms with E-state index in [0.29, 0.717) is 29.3 Å². The average molecular weight is 444 g/mol. The van der Waals surface area contributed by atoms with Gasteiger partial charge in [0.15, 0.2) is 0 Å². The molecule has 166 valence electrons. The fourth-order valence-electron chi connectivity index (χ4n) is 3.21. The van der Waals surface area contributed by atoms with Crippen molar-refractivity contribution in [3.05, 3.63) is 82.4 Å². The quantitative estimate of drug-likeness (QED) is 0.255. The number of urea groups is 1. The largest absolute Gasteiger partial charge is 0.338 e. The number of amides is 3. The first kappa shape index (κ1) is 21.5. The Balaban J connectivity index is 1.48. The third-order valence-corrected chi connectivity index (χ3v) is 4.83. The summed E-state index contributed by atoms with van der Waals surface area (Å²) < 4.78 is 0. The van der Waals surface area contributed by atoms with Crippen molar-refractivity contribution < 1.29 is 14.5 Å². The number of anilines is 2. The summed E-state index contributed by atoms with van der Waals surface area (Å²) in [6.45, 7) is 2.38. The van der Waals surface area contributed by atoms with Gasteiger partial charge in [0.2, 0.25) is 0 Å². The molecule has 0 aliphatic heterocycles. The molecule has 4 N–H and O–H groups in total. The molecule has 0 atom stereocenters. The molecule has 0 spiro atoms. The zero-order valence-corrected chi connectivity index (χ0v) is 17.6. The normalized spacial score (nSPS) is 10.6. The van der Waals surface area contributed by atoms with Crippen molar-refractivity contribution in [2.45, 2.75) is 6.92 Å². The van der Waals surface area contributed by atoms with Crippen LogP contribution in [0.2, 0.25) is 0 Å². The third-order valence-electron chi connectivity index (χ3n) is 4.83. The predicted molar refractivity (Wildman–Crippen MR) is 125 cm³/mol. The molecule has 1 aromatic heterocycles. The predicted octanol–water partition coefficient (Wildman–Crippen LogP) is 4.53. The number of benzene rings is 3. The Kier molecular flexibility index (Phi) is 5.98. The van der Waals surface area contributed by atoms with Gasteiger partial charge in [0.1, 0.15) is 5.82 Å². The van der Waals surface area contributed by atoms with Crippen molar-refractivity contribution in [1.29, 1.82) is 0 Å². The van der Waals surface area contributed by atoms with Crippen LogP contribution in [-0.4, -0.2) is 33.4 Å². The van der Waals surface area contributed by atoms with Crippen LogP contribution in [0.1, 0.15) is 17.3 Å². The lowest BCUT2D eigenvalue weighted by atomic mass is 10.2. The van der Waals surface area contributed by atoms with E-state index in [1.807, 2.05) is 19.1 Å². The summed E-state index contributed by atoms with van der Waals surface area (Å²) in [6.07, 6.45) is 0. The highest BCUT2D eigenvalue weighted by Gasteiger charge is 2.11. The van der Waals surface area contributed by atoms with Gasteiger partial charge in [-0.25, -0.2) is 9.78 Å². The molecule has 0 aliphatic carbocycles. The van der Waals surface area contributed by atoms with Crippen molar-refractivity contribution in [1.82, 2.24) is 15.3 Å². The van der Waals surface area contributed by atoms with E-state index in [9.17, 15) is 19.7 Å². The molecule has 1 heterocycles. The number of carbonyl (C=O) groups is 2. The molecular formula is C23H20N6O4. The molecule has 3 amide bonds. The third kappa shape index (κ3) is 4.96. The van der Waals surface area contributed by atoms with Crippen molar-refractivity contribution in [2.75, 3.05) is 17.2 Å². The maximum absolute atomic E-state index is 12.5. The number of non-ortho nitro benzene ring substituents is 1. The summed E-state index contributed by atoms with van der Waals surface area (Å²) in [4.78, 5) is 42.1. The summed E-state index contributed by atoms with van der Waals surface area (Å²) >= 11 is 0. The van der Waals surface area contributed by atoms with E-state index in [4.69, 9.17) is 0 Å². The summed E-state index contributed by atoms with van der Waals surface area (Å²) in [5.74, 6) is 0.271. The van der Waals surface area contributed by atoms with Crippen LogP contribution in [0.4, 0.5) is 21.9 Å². The Morgan fingerprint density at radius 2 is 1.67 bits per heavy atom. The molecule has 0 bridgehead atoms. The summed E-state index contributed by atoms with van der Waals surface area (Å²) in [6, 6.07) is 17.7. The van der Waals surface area contributed by atoms with Gasteiger partial charge in [-0.15, -0.1) is 0 Å². The monoisotopic (exact) mass is 444 g/mol. The molecule has 0 radical (unpaired) electrons. The Morgan fingerprint density at radius 3 is 2.33 bits per heavy atom. The van der Waals surface area contributed by atoms with Crippen LogP contribution in [0.3, 0.4) is 0 Å². The zero-order chi connectivity index (χ0) is 23.4.